The molecule has 0 aromatic heterocycles. The largest absolute Gasteiger partial charge is 0.495 e. The Morgan fingerprint density at radius 2 is 1.67 bits per heavy atom. The van der Waals surface area contributed by atoms with Gasteiger partial charge in [0.15, 0.2) is 6.61 Å². The van der Waals surface area contributed by atoms with Gasteiger partial charge in [-0.25, -0.2) is 8.42 Å². The number of hydrogen-bond acceptors (Lipinski definition) is 6. The summed E-state index contributed by atoms with van der Waals surface area (Å²) in [5.41, 5.74) is 0.618. The molecule has 0 atom stereocenters. The third-order valence-electron chi connectivity index (χ3n) is 4.32. The molecule has 0 aliphatic rings. The van der Waals surface area contributed by atoms with E-state index in [2.05, 4.69) is 10.0 Å². The minimum absolute atomic E-state index is 0.126. The summed E-state index contributed by atoms with van der Waals surface area (Å²) in [4.78, 5) is 12.2. The van der Waals surface area contributed by atoms with Crippen LogP contribution in [-0.2, 0) is 14.8 Å². The number of ether oxygens (including phenoxy) is 3. The first-order valence-corrected chi connectivity index (χ1v) is 11.8. The molecule has 0 aliphatic carbocycles. The third kappa shape index (κ3) is 6.77. The summed E-state index contributed by atoms with van der Waals surface area (Å²) in [6.45, 7) is 2.09. The molecule has 2 N–H and O–H groups in total. The second-order valence-corrected chi connectivity index (χ2v) is 8.81. The van der Waals surface area contributed by atoms with Crippen LogP contribution in [0, 0.1) is 0 Å². The quantitative estimate of drug-likeness (QED) is 0.431. The fraction of sp³-hybridized carbons (Fsp3) is 0.174. The molecular weight excluding hydrogens is 468 g/mol. The van der Waals surface area contributed by atoms with E-state index >= 15 is 0 Å². The van der Waals surface area contributed by atoms with Gasteiger partial charge in [-0.2, -0.15) is 0 Å². The Kier molecular flexibility index (Phi) is 8.02. The molecule has 0 saturated heterocycles. The van der Waals surface area contributed by atoms with Crippen molar-refractivity contribution >= 4 is 38.9 Å². The zero-order chi connectivity index (χ0) is 23.8. The van der Waals surface area contributed by atoms with Crippen LogP contribution in [0.25, 0.3) is 0 Å². The average Bonchev–Trinajstić information content (AvgIpc) is 2.79. The molecule has 1 amide bonds. The number of benzene rings is 3. The van der Waals surface area contributed by atoms with E-state index in [0.717, 1.165) is 0 Å². The van der Waals surface area contributed by atoms with Gasteiger partial charge in [0, 0.05) is 16.4 Å². The number of sulfonamides is 1. The van der Waals surface area contributed by atoms with E-state index in [0.29, 0.717) is 28.8 Å². The lowest BCUT2D eigenvalue weighted by atomic mass is 10.3. The van der Waals surface area contributed by atoms with E-state index in [9.17, 15) is 13.2 Å². The lowest BCUT2D eigenvalue weighted by Gasteiger charge is -2.14. The molecule has 0 radical (unpaired) electrons. The number of carbonyl (C=O) groups excluding carboxylic acids is 1. The van der Waals surface area contributed by atoms with Crippen LogP contribution in [0.4, 0.5) is 11.4 Å². The van der Waals surface area contributed by atoms with Crippen molar-refractivity contribution < 1.29 is 27.4 Å². The highest BCUT2D eigenvalue weighted by molar-refractivity contribution is 7.92. The highest BCUT2D eigenvalue weighted by Crippen LogP contribution is 2.29. The molecular formula is C23H23ClN2O6S. The molecule has 0 spiro atoms. The number of hydrogen-bond donors (Lipinski definition) is 2. The second-order valence-electron chi connectivity index (χ2n) is 6.72. The zero-order valence-corrected chi connectivity index (χ0v) is 19.6. The predicted molar refractivity (Wildman–Crippen MR) is 127 cm³/mol. The van der Waals surface area contributed by atoms with E-state index in [1.165, 1.54) is 25.3 Å². The van der Waals surface area contributed by atoms with Gasteiger partial charge in [0.1, 0.15) is 22.1 Å². The Hall–Kier alpha value is -3.43. The Labute approximate surface area is 197 Å². The number of rotatable bonds is 10. The number of nitrogens with one attached hydrogen (secondary N) is 2. The standard InChI is InChI=1S/C23H23ClN2O6S/c1-3-31-19-10-7-17(8-11-19)26-33(28,29)22-14-18(9-12-21(22)30-2)25-23(27)15-32-20-6-4-5-16(24)13-20/h4-14,26H,3,15H2,1-2H3,(H,25,27). The van der Waals surface area contributed by atoms with Gasteiger partial charge in [-0.1, -0.05) is 17.7 Å². The van der Waals surface area contributed by atoms with Gasteiger partial charge in [-0.15, -0.1) is 0 Å². The first-order chi connectivity index (χ1) is 15.8. The Morgan fingerprint density at radius 1 is 0.939 bits per heavy atom. The van der Waals surface area contributed by atoms with Crippen molar-refractivity contribution in [3.8, 4) is 17.2 Å². The molecule has 0 fully saturated rings. The molecule has 8 nitrogen and oxygen atoms in total. The smallest absolute Gasteiger partial charge is 0.265 e. The molecule has 10 heteroatoms. The Morgan fingerprint density at radius 3 is 2.33 bits per heavy atom. The van der Waals surface area contributed by atoms with Crippen LogP contribution in [0.5, 0.6) is 17.2 Å². The summed E-state index contributed by atoms with van der Waals surface area (Å²) in [7, 11) is -2.65. The van der Waals surface area contributed by atoms with Gasteiger partial charge >= 0.3 is 0 Å². The number of amides is 1. The van der Waals surface area contributed by atoms with Crippen LogP contribution in [0.3, 0.4) is 0 Å². The monoisotopic (exact) mass is 490 g/mol. The van der Waals surface area contributed by atoms with E-state index in [1.54, 1.807) is 48.5 Å². The van der Waals surface area contributed by atoms with Crippen molar-refractivity contribution in [2.24, 2.45) is 0 Å². The summed E-state index contributed by atoms with van der Waals surface area (Å²) >= 11 is 5.90. The van der Waals surface area contributed by atoms with Crippen molar-refractivity contribution in [2.75, 3.05) is 30.4 Å². The first kappa shape index (κ1) is 24.2. The maximum atomic E-state index is 13.0. The van der Waals surface area contributed by atoms with Crippen LogP contribution in [0.15, 0.2) is 71.6 Å². The minimum Gasteiger partial charge on any atom is -0.495 e. The molecule has 0 saturated carbocycles. The van der Waals surface area contributed by atoms with Crippen molar-refractivity contribution in [1.82, 2.24) is 0 Å². The van der Waals surface area contributed by atoms with Crippen LogP contribution < -0.4 is 24.2 Å². The van der Waals surface area contributed by atoms with Crippen LogP contribution in [0.1, 0.15) is 6.92 Å². The lowest BCUT2D eigenvalue weighted by molar-refractivity contribution is -0.118. The summed E-state index contributed by atoms with van der Waals surface area (Å²) in [5, 5.41) is 3.10. The maximum Gasteiger partial charge on any atom is 0.265 e. The van der Waals surface area contributed by atoms with Crippen LogP contribution >= 0.6 is 11.6 Å². The minimum atomic E-state index is -4.01. The van der Waals surface area contributed by atoms with Gasteiger partial charge < -0.3 is 19.5 Å². The molecule has 0 aliphatic heterocycles. The van der Waals surface area contributed by atoms with Gasteiger partial charge in [0.25, 0.3) is 15.9 Å². The Bertz CT molecular complexity index is 1220. The van der Waals surface area contributed by atoms with Crippen molar-refractivity contribution in [3.63, 3.8) is 0 Å². The van der Waals surface area contributed by atoms with Crippen molar-refractivity contribution in [3.05, 3.63) is 71.8 Å². The SMILES string of the molecule is CCOc1ccc(NS(=O)(=O)c2cc(NC(=O)COc3cccc(Cl)c3)ccc2OC)cc1. The van der Waals surface area contributed by atoms with Crippen molar-refractivity contribution in [1.29, 1.82) is 0 Å². The van der Waals surface area contributed by atoms with E-state index in [4.69, 9.17) is 25.8 Å². The van der Waals surface area contributed by atoms with Gasteiger partial charge in [0.05, 0.1) is 13.7 Å². The summed E-state index contributed by atoms with van der Waals surface area (Å²) in [6, 6.07) is 17.5. The molecule has 3 rings (SSSR count). The maximum absolute atomic E-state index is 13.0. The molecule has 33 heavy (non-hydrogen) atoms. The highest BCUT2D eigenvalue weighted by Gasteiger charge is 2.21. The number of anilines is 2. The summed E-state index contributed by atoms with van der Waals surface area (Å²) in [5.74, 6) is 0.725. The average molecular weight is 491 g/mol. The summed E-state index contributed by atoms with van der Waals surface area (Å²) < 4.78 is 44.5. The van der Waals surface area contributed by atoms with E-state index in [-0.39, 0.29) is 22.9 Å². The first-order valence-electron chi connectivity index (χ1n) is 9.92. The molecule has 0 bridgehead atoms. The van der Waals surface area contributed by atoms with Gasteiger partial charge in [-0.3, -0.25) is 9.52 Å². The third-order valence-corrected chi connectivity index (χ3v) is 5.96. The highest BCUT2D eigenvalue weighted by atomic mass is 35.5. The Balaban J connectivity index is 1.73. The fourth-order valence-corrected chi connectivity index (χ4v) is 4.30. The fourth-order valence-electron chi connectivity index (χ4n) is 2.86. The zero-order valence-electron chi connectivity index (χ0n) is 18.0. The molecule has 174 valence electrons. The number of carbonyl (C=O) groups is 1. The number of methoxy groups -OCH3 is 1. The molecule has 0 heterocycles. The normalized spacial score (nSPS) is 10.9. The molecule has 3 aromatic rings. The lowest BCUT2D eigenvalue weighted by Crippen LogP contribution is -2.21. The van der Waals surface area contributed by atoms with Gasteiger partial charge in [0.2, 0.25) is 0 Å². The topological polar surface area (TPSA) is 103 Å². The van der Waals surface area contributed by atoms with Crippen LogP contribution in [-0.4, -0.2) is 34.6 Å². The predicted octanol–water partition coefficient (Wildman–Crippen LogP) is 4.57. The van der Waals surface area contributed by atoms with Crippen LogP contribution in [0.2, 0.25) is 5.02 Å². The number of halogens is 1. The van der Waals surface area contributed by atoms with Gasteiger partial charge in [-0.05, 0) is 67.6 Å². The molecule has 0 unspecified atom stereocenters. The summed E-state index contributed by atoms with van der Waals surface area (Å²) in [6.07, 6.45) is 0. The van der Waals surface area contributed by atoms with E-state index in [1.807, 2.05) is 6.92 Å². The molecule has 3 aromatic carbocycles. The van der Waals surface area contributed by atoms with Crippen molar-refractivity contribution in [2.45, 2.75) is 11.8 Å². The van der Waals surface area contributed by atoms with E-state index < -0.39 is 15.9 Å². The second kappa shape index (κ2) is 10.9.